The molecule has 0 aliphatic carbocycles. The fourth-order valence-corrected chi connectivity index (χ4v) is 1.22. The van der Waals surface area contributed by atoms with Gasteiger partial charge in [0.15, 0.2) is 5.82 Å². The van der Waals surface area contributed by atoms with Gasteiger partial charge in [0.05, 0.1) is 12.8 Å². The Morgan fingerprint density at radius 2 is 2.06 bits per heavy atom. The van der Waals surface area contributed by atoms with Gasteiger partial charge >= 0.3 is 0 Å². The molecule has 1 heterocycles. The molecular weight excluding hydrogens is 214 g/mol. The Hall–Kier alpha value is -1.45. The Morgan fingerprint density at radius 3 is 2.59 bits per heavy atom. The fourth-order valence-electron chi connectivity index (χ4n) is 1.22. The summed E-state index contributed by atoms with van der Waals surface area (Å²) in [5, 5.41) is 3.29. The molecule has 0 aliphatic rings. The van der Waals surface area contributed by atoms with E-state index in [1.54, 1.807) is 19.2 Å². The van der Waals surface area contributed by atoms with Gasteiger partial charge < -0.3 is 15.8 Å². The summed E-state index contributed by atoms with van der Waals surface area (Å²) in [6, 6.07) is 3.56. The van der Waals surface area contributed by atoms with Crippen molar-refractivity contribution in [3.63, 3.8) is 0 Å². The molecule has 0 aromatic carbocycles. The fraction of sp³-hybridized carbons (Fsp3) is 0.615. The first kappa shape index (κ1) is 13.6. The van der Waals surface area contributed by atoms with Crippen molar-refractivity contribution < 1.29 is 4.74 Å². The third kappa shape index (κ3) is 3.51. The average molecular weight is 237 g/mol. The molecule has 0 atom stereocenters. The van der Waals surface area contributed by atoms with Crippen LogP contribution in [-0.4, -0.2) is 18.6 Å². The predicted octanol–water partition coefficient (Wildman–Crippen LogP) is 2.77. The maximum Gasteiger partial charge on any atom is 0.215 e. The van der Waals surface area contributed by atoms with Gasteiger partial charge in [0.1, 0.15) is 0 Å². The molecule has 4 heteroatoms. The molecule has 4 nitrogen and oxygen atoms in total. The van der Waals surface area contributed by atoms with Crippen molar-refractivity contribution >= 4 is 11.5 Å². The van der Waals surface area contributed by atoms with Gasteiger partial charge in [-0.2, -0.15) is 4.98 Å². The topological polar surface area (TPSA) is 60.2 Å². The number of anilines is 2. The van der Waals surface area contributed by atoms with Gasteiger partial charge in [-0.25, -0.2) is 0 Å². The summed E-state index contributed by atoms with van der Waals surface area (Å²) >= 11 is 0. The maximum absolute atomic E-state index is 5.87. The number of nitrogen functional groups attached to an aromatic ring is 1. The molecule has 0 saturated carbocycles. The molecule has 0 saturated heterocycles. The van der Waals surface area contributed by atoms with Crippen LogP contribution in [0, 0.1) is 11.3 Å². The summed E-state index contributed by atoms with van der Waals surface area (Å²) in [6.07, 6.45) is 0. The quantitative estimate of drug-likeness (QED) is 0.826. The summed E-state index contributed by atoms with van der Waals surface area (Å²) in [5.74, 6) is 1.85. The first-order chi connectivity index (χ1) is 7.86. The molecule has 0 amide bonds. The Morgan fingerprint density at radius 1 is 1.41 bits per heavy atom. The second-order valence-corrected chi connectivity index (χ2v) is 5.29. The van der Waals surface area contributed by atoms with Crippen molar-refractivity contribution in [1.29, 1.82) is 0 Å². The molecule has 0 aliphatic heterocycles. The number of aromatic nitrogens is 1. The van der Waals surface area contributed by atoms with Gasteiger partial charge in [0, 0.05) is 12.6 Å². The van der Waals surface area contributed by atoms with Crippen molar-refractivity contribution in [2.24, 2.45) is 11.3 Å². The second kappa shape index (κ2) is 5.25. The van der Waals surface area contributed by atoms with Gasteiger partial charge in [-0.3, -0.25) is 0 Å². The van der Waals surface area contributed by atoms with Gasteiger partial charge in [-0.15, -0.1) is 0 Å². The molecule has 0 spiro atoms. The van der Waals surface area contributed by atoms with Crippen molar-refractivity contribution in [3.8, 4) is 5.88 Å². The minimum absolute atomic E-state index is 0.192. The zero-order valence-corrected chi connectivity index (χ0v) is 11.4. The minimum Gasteiger partial charge on any atom is -0.481 e. The van der Waals surface area contributed by atoms with Crippen LogP contribution in [0.2, 0.25) is 0 Å². The van der Waals surface area contributed by atoms with E-state index in [2.05, 4.69) is 38.0 Å². The van der Waals surface area contributed by atoms with E-state index >= 15 is 0 Å². The number of nitrogens with zero attached hydrogens (tertiary/aromatic N) is 1. The summed E-state index contributed by atoms with van der Waals surface area (Å²) in [4.78, 5) is 4.29. The third-order valence-electron chi connectivity index (χ3n) is 3.38. The van der Waals surface area contributed by atoms with E-state index in [9.17, 15) is 0 Å². The minimum atomic E-state index is 0.192. The normalized spacial score (nSPS) is 11.6. The number of methoxy groups -OCH3 is 1. The number of ether oxygens (including phenoxy) is 1. The van der Waals surface area contributed by atoms with Crippen LogP contribution in [0.4, 0.5) is 11.5 Å². The van der Waals surface area contributed by atoms with E-state index < -0.39 is 0 Å². The summed E-state index contributed by atoms with van der Waals surface area (Å²) in [5.41, 5.74) is 6.70. The van der Waals surface area contributed by atoms with Crippen LogP contribution in [0.5, 0.6) is 5.88 Å². The number of nitrogens with one attached hydrogen (secondary N) is 1. The SMILES string of the molecule is COc1ccc(N)c(NCC(C)(C)C(C)C)n1. The molecule has 1 aromatic rings. The Balaban J connectivity index is 2.75. The van der Waals surface area contributed by atoms with Crippen LogP contribution in [0.15, 0.2) is 12.1 Å². The first-order valence-electron chi connectivity index (χ1n) is 5.91. The lowest BCUT2D eigenvalue weighted by Gasteiger charge is -2.29. The van der Waals surface area contributed by atoms with Crippen LogP contribution >= 0.6 is 0 Å². The summed E-state index contributed by atoms with van der Waals surface area (Å²) in [7, 11) is 1.60. The monoisotopic (exact) mass is 237 g/mol. The largest absolute Gasteiger partial charge is 0.481 e. The summed E-state index contributed by atoms with van der Waals surface area (Å²) < 4.78 is 5.08. The average Bonchev–Trinajstić information content (AvgIpc) is 2.28. The molecule has 96 valence electrons. The van der Waals surface area contributed by atoms with E-state index in [0.29, 0.717) is 23.3 Å². The molecule has 1 rings (SSSR count). The number of hydrogen-bond acceptors (Lipinski definition) is 4. The van der Waals surface area contributed by atoms with Gasteiger partial charge in [-0.05, 0) is 17.4 Å². The number of hydrogen-bond donors (Lipinski definition) is 2. The number of rotatable bonds is 5. The highest BCUT2D eigenvalue weighted by Crippen LogP contribution is 2.27. The van der Waals surface area contributed by atoms with Crippen molar-refractivity contribution in [2.45, 2.75) is 27.7 Å². The van der Waals surface area contributed by atoms with Crippen molar-refractivity contribution in [1.82, 2.24) is 4.98 Å². The van der Waals surface area contributed by atoms with E-state index in [0.717, 1.165) is 6.54 Å². The van der Waals surface area contributed by atoms with E-state index in [1.165, 1.54) is 0 Å². The first-order valence-corrected chi connectivity index (χ1v) is 5.91. The Labute approximate surface area is 104 Å². The molecular formula is C13H23N3O. The molecule has 0 fully saturated rings. The van der Waals surface area contributed by atoms with Crippen LogP contribution in [0.25, 0.3) is 0 Å². The molecule has 1 aromatic heterocycles. The number of nitrogens with two attached hydrogens (primary N) is 1. The lowest BCUT2D eigenvalue weighted by molar-refractivity contribution is 0.269. The van der Waals surface area contributed by atoms with Gasteiger partial charge in [0.2, 0.25) is 5.88 Å². The van der Waals surface area contributed by atoms with Crippen LogP contribution in [0.3, 0.4) is 0 Å². The highest BCUT2D eigenvalue weighted by molar-refractivity contribution is 5.62. The van der Waals surface area contributed by atoms with E-state index in [-0.39, 0.29) is 5.41 Å². The molecule has 0 unspecified atom stereocenters. The highest BCUT2D eigenvalue weighted by atomic mass is 16.5. The second-order valence-electron chi connectivity index (χ2n) is 5.29. The molecule has 0 radical (unpaired) electrons. The molecule has 17 heavy (non-hydrogen) atoms. The smallest absolute Gasteiger partial charge is 0.215 e. The van der Waals surface area contributed by atoms with E-state index in [4.69, 9.17) is 10.5 Å². The van der Waals surface area contributed by atoms with Gasteiger partial charge in [0.25, 0.3) is 0 Å². The molecule has 0 bridgehead atoms. The Kier molecular flexibility index (Phi) is 4.21. The maximum atomic E-state index is 5.87. The Bertz CT molecular complexity index is 375. The van der Waals surface area contributed by atoms with Crippen LogP contribution in [0.1, 0.15) is 27.7 Å². The van der Waals surface area contributed by atoms with Crippen molar-refractivity contribution in [2.75, 3.05) is 24.7 Å². The lowest BCUT2D eigenvalue weighted by atomic mass is 9.81. The number of pyridine rings is 1. The standard InChI is InChI=1S/C13H23N3O/c1-9(2)13(3,4)8-15-12-10(14)6-7-11(16-12)17-5/h6-7,9H,8,14H2,1-5H3,(H,15,16). The van der Waals surface area contributed by atoms with Crippen LogP contribution < -0.4 is 15.8 Å². The van der Waals surface area contributed by atoms with Crippen LogP contribution in [-0.2, 0) is 0 Å². The van der Waals surface area contributed by atoms with E-state index in [1.807, 2.05) is 0 Å². The zero-order chi connectivity index (χ0) is 13.1. The lowest BCUT2D eigenvalue weighted by Crippen LogP contribution is -2.29. The van der Waals surface area contributed by atoms with Crippen molar-refractivity contribution in [3.05, 3.63) is 12.1 Å². The third-order valence-corrected chi connectivity index (χ3v) is 3.38. The highest BCUT2D eigenvalue weighted by Gasteiger charge is 2.22. The predicted molar refractivity (Wildman–Crippen MR) is 72.3 cm³/mol. The van der Waals surface area contributed by atoms with Gasteiger partial charge in [-0.1, -0.05) is 27.7 Å². The zero-order valence-electron chi connectivity index (χ0n) is 11.4. The molecule has 3 N–H and O–H groups in total. The summed E-state index contributed by atoms with van der Waals surface area (Å²) in [6.45, 7) is 9.70.